The molecule has 2 aromatic heterocycles. The molecule has 2 aromatic rings. The third kappa shape index (κ3) is 9.44. The number of hydrogen-bond acceptors (Lipinski definition) is 7. The molecule has 0 radical (unpaired) electrons. The molecule has 0 fully saturated rings. The van der Waals surface area contributed by atoms with Crippen LogP contribution in [0.5, 0.6) is 0 Å². The summed E-state index contributed by atoms with van der Waals surface area (Å²) < 4.78 is 26.2. The number of nitrogens with two attached hydrogens (primary N) is 1. The molecular weight excluding hydrogens is 449 g/mol. The molecule has 0 saturated carbocycles. The highest BCUT2D eigenvalue weighted by Gasteiger charge is 2.30. The molecule has 0 unspecified atom stereocenters. The number of methoxy groups -OCH3 is 1. The zero-order valence-electron chi connectivity index (χ0n) is 21.2. The van der Waals surface area contributed by atoms with Crippen LogP contribution >= 0.6 is 0 Å². The van der Waals surface area contributed by atoms with Crippen LogP contribution in [0.25, 0.3) is 11.2 Å². The van der Waals surface area contributed by atoms with E-state index in [1.165, 1.54) is 64.8 Å². The van der Waals surface area contributed by atoms with E-state index in [1.54, 1.807) is 4.57 Å². The number of halogens is 1. The normalized spacial score (nSPS) is 13.0. The van der Waals surface area contributed by atoms with Crippen molar-refractivity contribution < 1.29 is 18.7 Å². The van der Waals surface area contributed by atoms with Gasteiger partial charge in [-0.25, -0.2) is 4.98 Å². The first kappa shape index (κ1) is 28.5. The minimum Gasteiger partial charge on any atom is -0.462 e. The Labute approximate surface area is 208 Å². The first-order chi connectivity index (χ1) is 16.9. The van der Waals surface area contributed by atoms with Crippen molar-refractivity contribution in [3.05, 3.63) is 12.4 Å². The minimum absolute atomic E-state index is 0.0301. The molecule has 9 heteroatoms. The predicted octanol–water partition coefficient (Wildman–Crippen LogP) is 5.20. The summed E-state index contributed by atoms with van der Waals surface area (Å²) in [6, 6.07) is 0. The summed E-state index contributed by atoms with van der Waals surface area (Å²) in [6.07, 6.45) is 20.4. The Hall–Kier alpha value is -2.73. The summed E-state index contributed by atoms with van der Waals surface area (Å²) in [7, 11) is 1.48. The zero-order chi connectivity index (χ0) is 25.5. The molecule has 0 aliphatic carbocycles. The van der Waals surface area contributed by atoms with E-state index in [0.717, 1.165) is 19.3 Å². The number of imidazole rings is 1. The van der Waals surface area contributed by atoms with Crippen LogP contribution < -0.4 is 5.73 Å². The molecule has 2 heterocycles. The van der Waals surface area contributed by atoms with Crippen LogP contribution in [-0.4, -0.2) is 44.8 Å². The van der Waals surface area contributed by atoms with Crippen molar-refractivity contribution in [1.82, 2.24) is 19.5 Å². The van der Waals surface area contributed by atoms with Gasteiger partial charge in [0, 0.05) is 26.5 Å². The van der Waals surface area contributed by atoms with Gasteiger partial charge in [0.15, 0.2) is 17.1 Å². The van der Waals surface area contributed by atoms with Gasteiger partial charge >= 0.3 is 12.0 Å². The lowest BCUT2D eigenvalue weighted by Gasteiger charge is -2.26. The SMILES string of the molecule is C#C[C@](CCn1cnc2c(N)nc(F)nc21)(COC(=O)CCCCCCCCCCCCC)OC. The molecule has 0 aliphatic heterocycles. The first-order valence-corrected chi connectivity index (χ1v) is 12.8. The van der Waals surface area contributed by atoms with Gasteiger partial charge in [-0.3, -0.25) is 4.79 Å². The van der Waals surface area contributed by atoms with Gasteiger partial charge in [0.25, 0.3) is 0 Å². The number of carbonyl (C=O) groups is 1. The number of ether oxygens (including phenoxy) is 2. The molecule has 2 rings (SSSR count). The van der Waals surface area contributed by atoms with Crippen molar-refractivity contribution in [1.29, 1.82) is 0 Å². The second kappa shape index (κ2) is 15.3. The number of terminal acetylenes is 1. The predicted molar refractivity (Wildman–Crippen MR) is 135 cm³/mol. The Morgan fingerprint density at radius 3 is 2.34 bits per heavy atom. The zero-order valence-corrected chi connectivity index (χ0v) is 21.2. The summed E-state index contributed by atoms with van der Waals surface area (Å²) >= 11 is 0. The molecule has 0 aliphatic rings. The fourth-order valence-electron chi connectivity index (χ4n) is 4.01. The maximum Gasteiger partial charge on any atom is 0.312 e. The van der Waals surface area contributed by atoms with Gasteiger partial charge in [-0.15, -0.1) is 6.42 Å². The molecular formula is C26H40FN5O3. The van der Waals surface area contributed by atoms with Crippen LogP contribution in [0.3, 0.4) is 0 Å². The maximum atomic E-state index is 13.6. The minimum atomic E-state index is -1.11. The van der Waals surface area contributed by atoms with E-state index in [2.05, 4.69) is 27.8 Å². The number of rotatable bonds is 18. The molecule has 0 saturated heterocycles. The Bertz CT molecular complexity index is 958. The molecule has 2 N–H and O–H groups in total. The van der Waals surface area contributed by atoms with Crippen molar-refractivity contribution >= 4 is 23.0 Å². The summed E-state index contributed by atoms with van der Waals surface area (Å²) in [5.41, 5.74) is 5.18. The highest BCUT2D eigenvalue weighted by atomic mass is 19.1. The van der Waals surface area contributed by atoms with E-state index in [0.29, 0.717) is 24.9 Å². The lowest BCUT2D eigenvalue weighted by atomic mass is 10.0. The Balaban J connectivity index is 1.68. The number of aromatic nitrogens is 4. The van der Waals surface area contributed by atoms with Crippen molar-refractivity contribution in [3.63, 3.8) is 0 Å². The largest absolute Gasteiger partial charge is 0.462 e. The van der Waals surface area contributed by atoms with Crippen molar-refractivity contribution in [2.45, 2.75) is 103 Å². The van der Waals surface area contributed by atoms with Gasteiger partial charge in [0.1, 0.15) is 12.1 Å². The van der Waals surface area contributed by atoms with Crippen LogP contribution in [0.4, 0.5) is 10.2 Å². The summed E-state index contributed by atoms with van der Waals surface area (Å²) in [6.45, 7) is 2.50. The van der Waals surface area contributed by atoms with Gasteiger partial charge in [0.2, 0.25) is 0 Å². The summed E-state index contributed by atoms with van der Waals surface area (Å²) in [5.74, 6) is 2.29. The Morgan fingerprint density at radius 2 is 1.74 bits per heavy atom. The number of carbonyl (C=O) groups excluding carboxylic acids is 1. The van der Waals surface area contributed by atoms with Crippen LogP contribution in [0.2, 0.25) is 0 Å². The van der Waals surface area contributed by atoms with Crippen molar-refractivity contribution in [2.75, 3.05) is 19.5 Å². The van der Waals surface area contributed by atoms with Gasteiger partial charge < -0.3 is 19.8 Å². The van der Waals surface area contributed by atoms with Crippen LogP contribution in [0.1, 0.15) is 90.4 Å². The number of nitrogen functional groups attached to an aromatic ring is 1. The Morgan fingerprint density at radius 1 is 1.11 bits per heavy atom. The van der Waals surface area contributed by atoms with Gasteiger partial charge in [-0.05, 0) is 6.42 Å². The van der Waals surface area contributed by atoms with Crippen LogP contribution in [0, 0.1) is 18.4 Å². The number of unbranched alkanes of at least 4 members (excludes halogenated alkanes) is 10. The molecule has 8 nitrogen and oxygen atoms in total. The highest BCUT2D eigenvalue weighted by Crippen LogP contribution is 2.21. The average Bonchev–Trinajstić information content (AvgIpc) is 3.26. The number of fused-ring (bicyclic) bond motifs is 1. The fraction of sp³-hybridized carbons (Fsp3) is 0.692. The lowest BCUT2D eigenvalue weighted by Crippen LogP contribution is -2.37. The molecule has 1 atom stereocenters. The van der Waals surface area contributed by atoms with Crippen molar-refractivity contribution in [2.24, 2.45) is 0 Å². The number of esters is 1. The third-order valence-electron chi connectivity index (χ3n) is 6.32. The molecule has 194 valence electrons. The highest BCUT2D eigenvalue weighted by molar-refractivity contribution is 5.81. The molecule has 0 aromatic carbocycles. The Kier molecular flexibility index (Phi) is 12.5. The fourth-order valence-corrected chi connectivity index (χ4v) is 4.01. The monoisotopic (exact) mass is 489 g/mol. The lowest BCUT2D eigenvalue weighted by molar-refractivity contribution is -0.150. The topological polar surface area (TPSA) is 105 Å². The molecule has 0 amide bonds. The van der Waals surface area contributed by atoms with Gasteiger partial charge in [-0.2, -0.15) is 14.4 Å². The number of nitrogens with zero attached hydrogens (tertiary/aromatic N) is 4. The maximum absolute atomic E-state index is 13.6. The summed E-state index contributed by atoms with van der Waals surface area (Å²) in [4.78, 5) is 23.6. The molecule has 35 heavy (non-hydrogen) atoms. The first-order valence-electron chi connectivity index (χ1n) is 12.8. The van der Waals surface area contributed by atoms with E-state index in [9.17, 15) is 9.18 Å². The van der Waals surface area contributed by atoms with Crippen LogP contribution in [0.15, 0.2) is 6.33 Å². The second-order valence-corrected chi connectivity index (χ2v) is 9.03. The average molecular weight is 490 g/mol. The van der Waals surface area contributed by atoms with Gasteiger partial charge in [-0.1, -0.05) is 77.1 Å². The third-order valence-corrected chi connectivity index (χ3v) is 6.32. The van der Waals surface area contributed by atoms with E-state index >= 15 is 0 Å². The van der Waals surface area contributed by atoms with E-state index in [4.69, 9.17) is 21.6 Å². The second-order valence-electron chi connectivity index (χ2n) is 9.03. The quantitative estimate of drug-likeness (QED) is 0.133. The van der Waals surface area contributed by atoms with Gasteiger partial charge in [0.05, 0.1) is 6.33 Å². The number of hydrogen-bond donors (Lipinski definition) is 1. The standard InChI is InChI=1S/C26H40FN5O3/c1-4-6-7-8-9-10-11-12-13-14-15-16-21(33)35-19-26(5-2,34-3)17-18-32-20-29-22-23(28)30-25(27)31-24(22)32/h2,20H,4,6-19H2,1,3H3,(H2,28,30,31)/t26-/m0/s1. The van der Waals surface area contributed by atoms with Crippen molar-refractivity contribution in [3.8, 4) is 12.3 Å². The number of aryl methyl sites for hydroxylation is 1. The molecule has 0 spiro atoms. The van der Waals surface area contributed by atoms with Crippen LogP contribution in [-0.2, 0) is 20.8 Å². The smallest absolute Gasteiger partial charge is 0.312 e. The number of anilines is 1. The molecule has 0 bridgehead atoms. The van der Waals surface area contributed by atoms with E-state index < -0.39 is 11.7 Å². The van der Waals surface area contributed by atoms with E-state index in [1.807, 2.05) is 0 Å². The van der Waals surface area contributed by atoms with E-state index in [-0.39, 0.29) is 24.0 Å². The summed E-state index contributed by atoms with van der Waals surface area (Å²) in [5, 5.41) is 0.